The molecule has 1 aliphatic carbocycles. The summed E-state index contributed by atoms with van der Waals surface area (Å²) in [5.41, 5.74) is 0. The Bertz CT molecular complexity index is 419. The van der Waals surface area contributed by atoms with Crippen LogP contribution in [0.4, 0.5) is 5.13 Å². The standard InChI is InChI=1S/C12H19N3O2S/c1-7(2)10-14-12(18-15-10)13-6-8-4-3-5-9(8)11(16)17/h7-9H,3-6H2,1-2H3,(H,16,17)(H,13,14,15). The van der Waals surface area contributed by atoms with Crippen molar-refractivity contribution in [1.82, 2.24) is 9.36 Å². The third-order valence-corrected chi connectivity index (χ3v) is 4.14. The van der Waals surface area contributed by atoms with Crippen LogP contribution >= 0.6 is 11.5 Å². The third kappa shape index (κ3) is 2.98. The maximum absolute atomic E-state index is 11.1. The largest absolute Gasteiger partial charge is 0.481 e. The molecule has 18 heavy (non-hydrogen) atoms. The average Bonchev–Trinajstić information content (AvgIpc) is 2.95. The second kappa shape index (κ2) is 5.65. The summed E-state index contributed by atoms with van der Waals surface area (Å²) in [7, 11) is 0. The van der Waals surface area contributed by atoms with Crippen LogP contribution in [0.1, 0.15) is 44.9 Å². The van der Waals surface area contributed by atoms with E-state index in [4.69, 9.17) is 5.11 Å². The summed E-state index contributed by atoms with van der Waals surface area (Å²) in [5.74, 6) is 0.530. The molecule has 0 aromatic carbocycles. The van der Waals surface area contributed by atoms with Crippen molar-refractivity contribution in [3.63, 3.8) is 0 Å². The summed E-state index contributed by atoms with van der Waals surface area (Å²) >= 11 is 1.35. The molecule has 100 valence electrons. The second-order valence-corrected chi connectivity index (χ2v) is 5.88. The Balaban J connectivity index is 1.88. The highest BCUT2D eigenvalue weighted by Gasteiger charge is 2.32. The van der Waals surface area contributed by atoms with Gasteiger partial charge in [0.2, 0.25) is 5.13 Å². The summed E-state index contributed by atoms with van der Waals surface area (Å²) in [6, 6.07) is 0. The van der Waals surface area contributed by atoms with Crippen LogP contribution in [0.3, 0.4) is 0 Å². The van der Waals surface area contributed by atoms with Gasteiger partial charge in [0.25, 0.3) is 0 Å². The van der Waals surface area contributed by atoms with E-state index in [-0.39, 0.29) is 11.8 Å². The van der Waals surface area contributed by atoms with Crippen LogP contribution in [-0.4, -0.2) is 27.0 Å². The van der Waals surface area contributed by atoms with Crippen LogP contribution in [-0.2, 0) is 4.79 Å². The quantitative estimate of drug-likeness (QED) is 0.859. The summed E-state index contributed by atoms with van der Waals surface area (Å²) in [6.45, 7) is 4.80. The maximum atomic E-state index is 11.1. The van der Waals surface area contributed by atoms with Gasteiger partial charge in [-0.15, -0.1) is 0 Å². The minimum absolute atomic E-state index is 0.199. The van der Waals surface area contributed by atoms with Gasteiger partial charge in [-0.05, 0) is 18.8 Å². The Morgan fingerprint density at radius 3 is 2.94 bits per heavy atom. The number of anilines is 1. The number of nitrogens with zero attached hydrogens (tertiary/aromatic N) is 2. The molecular formula is C12H19N3O2S. The molecule has 1 saturated carbocycles. The molecule has 5 nitrogen and oxygen atoms in total. The van der Waals surface area contributed by atoms with Crippen LogP contribution in [0.25, 0.3) is 0 Å². The molecule has 0 amide bonds. The van der Waals surface area contributed by atoms with Crippen molar-refractivity contribution in [2.24, 2.45) is 11.8 Å². The van der Waals surface area contributed by atoms with E-state index >= 15 is 0 Å². The van der Waals surface area contributed by atoms with Crippen LogP contribution in [0, 0.1) is 11.8 Å². The van der Waals surface area contributed by atoms with E-state index in [9.17, 15) is 4.79 Å². The smallest absolute Gasteiger partial charge is 0.306 e. The molecule has 1 fully saturated rings. The summed E-state index contributed by atoms with van der Waals surface area (Å²) in [5, 5.41) is 13.1. The molecule has 1 aromatic heterocycles. The van der Waals surface area contributed by atoms with Crippen molar-refractivity contribution in [2.75, 3.05) is 11.9 Å². The second-order valence-electron chi connectivity index (χ2n) is 5.13. The number of carboxylic acid groups (broad SMARTS) is 1. The van der Waals surface area contributed by atoms with Crippen molar-refractivity contribution in [3.05, 3.63) is 5.82 Å². The molecule has 1 heterocycles. The molecule has 2 unspecified atom stereocenters. The Hall–Kier alpha value is -1.17. The van der Waals surface area contributed by atoms with Gasteiger partial charge >= 0.3 is 5.97 Å². The van der Waals surface area contributed by atoms with E-state index in [1.54, 1.807) is 0 Å². The van der Waals surface area contributed by atoms with Crippen LogP contribution in [0.5, 0.6) is 0 Å². The normalized spacial score (nSPS) is 23.5. The number of rotatable bonds is 5. The number of hydrogen-bond donors (Lipinski definition) is 2. The Labute approximate surface area is 111 Å². The fraction of sp³-hybridized carbons (Fsp3) is 0.750. The number of carbonyl (C=O) groups is 1. The lowest BCUT2D eigenvalue weighted by Gasteiger charge is -2.15. The average molecular weight is 269 g/mol. The van der Waals surface area contributed by atoms with Crippen LogP contribution in [0.15, 0.2) is 0 Å². The van der Waals surface area contributed by atoms with Crippen molar-refractivity contribution in [2.45, 2.75) is 39.0 Å². The van der Waals surface area contributed by atoms with Gasteiger partial charge in [0.05, 0.1) is 5.92 Å². The molecule has 6 heteroatoms. The first kappa shape index (κ1) is 13.3. The van der Waals surface area contributed by atoms with Crippen molar-refractivity contribution in [1.29, 1.82) is 0 Å². The highest BCUT2D eigenvalue weighted by molar-refractivity contribution is 7.09. The first-order chi connectivity index (χ1) is 8.58. The summed E-state index contributed by atoms with van der Waals surface area (Å²) in [4.78, 5) is 15.5. The number of aromatic nitrogens is 2. The number of aliphatic carboxylic acids is 1. The highest BCUT2D eigenvalue weighted by Crippen LogP contribution is 2.32. The lowest BCUT2D eigenvalue weighted by atomic mass is 9.96. The van der Waals surface area contributed by atoms with Gasteiger partial charge in [-0.3, -0.25) is 4.79 Å². The van der Waals surface area contributed by atoms with Gasteiger partial charge in [-0.25, -0.2) is 4.98 Å². The summed E-state index contributed by atoms with van der Waals surface area (Å²) in [6.07, 6.45) is 2.80. The number of carboxylic acids is 1. The van der Waals surface area contributed by atoms with Gasteiger partial charge in [-0.2, -0.15) is 4.37 Å². The van der Waals surface area contributed by atoms with Gasteiger partial charge in [0.1, 0.15) is 5.82 Å². The van der Waals surface area contributed by atoms with E-state index in [1.165, 1.54) is 11.5 Å². The lowest BCUT2D eigenvalue weighted by Crippen LogP contribution is -2.24. The minimum Gasteiger partial charge on any atom is -0.481 e. The van der Waals surface area contributed by atoms with Crippen LogP contribution in [0.2, 0.25) is 0 Å². The van der Waals surface area contributed by atoms with E-state index in [0.29, 0.717) is 12.5 Å². The minimum atomic E-state index is -0.667. The van der Waals surface area contributed by atoms with Crippen molar-refractivity contribution >= 4 is 22.6 Å². The zero-order valence-electron chi connectivity index (χ0n) is 10.7. The lowest BCUT2D eigenvalue weighted by molar-refractivity contribution is -0.142. The zero-order valence-corrected chi connectivity index (χ0v) is 11.5. The topological polar surface area (TPSA) is 75.1 Å². The van der Waals surface area contributed by atoms with E-state index in [0.717, 1.165) is 30.2 Å². The fourth-order valence-electron chi connectivity index (χ4n) is 2.37. The number of nitrogens with one attached hydrogen (secondary N) is 1. The van der Waals surface area contributed by atoms with Gasteiger partial charge in [-0.1, -0.05) is 20.3 Å². The molecule has 2 rings (SSSR count). The molecule has 1 aliphatic rings. The summed E-state index contributed by atoms with van der Waals surface area (Å²) < 4.78 is 4.27. The van der Waals surface area contributed by atoms with Gasteiger partial charge in [0.15, 0.2) is 0 Å². The van der Waals surface area contributed by atoms with E-state index in [1.807, 2.05) is 0 Å². The first-order valence-electron chi connectivity index (χ1n) is 6.38. The zero-order chi connectivity index (χ0) is 13.1. The molecule has 2 N–H and O–H groups in total. The van der Waals surface area contributed by atoms with Gasteiger partial charge in [0, 0.05) is 24.0 Å². The van der Waals surface area contributed by atoms with Crippen molar-refractivity contribution < 1.29 is 9.90 Å². The maximum Gasteiger partial charge on any atom is 0.306 e. The monoisotopic (exact) mass is 269 g/mol. The van der Waals surface area contributed by atoms with Crippen LogP contribution < -0.4 is 5.32 Å². The van der Waals surface area contributed by atoms with Crippen molar-refractivity contribution in [3.8, 4) is 0 Å². The molecule has 0 radical (unpaired) electrons. The molecule has 0 spiro atoms. The van der Waals surface area contributed by atoms with E-state index < -0.39 is 5.97 Å². The SMILES string of the molecule is CC(C)c1nsc(NCC2CCCC2C(=O)O)n1. The number of hydrogen-bond acceptors (Lipinski definition) is 5. The highest BCUT2D eigenvalue weighted by atomic mass is 32.1. The Kier molecular flexibility index (Phi) is 4.16. The first-order valence-corrected chi connectivity index (χ1v) is 7.15. The molecule has 1 aromatic rings. The fourth-order valence-corrected chi connectivity index (χ4v) is 3.08. The molecule has 2 atom stereocenters. The molecule has 0 aliphatic heterocycles. The predicted octanol–water partition coefficient (Wildman–Crippen LogP) is 2.57. The molecular weight excluding hydrogens is 250 g/mol. The Morgan fingerprint density at radius 2 is 2.33 bits per heavy atom. The molecule has 0 saturated heterocycles. The molecule has 0 bridgehead atoms. The van der Waals surface area contributed by atoms with E-state index in [2.05, 4.69) is 28.5 Å². The third-order valence-electron chi connectivity index (χ3n) is 3.45. The predicted molar refractivity (Wildman–Crippen MR) is 71.0 cm³/mol. The Morgan fingerprint density at radius 1 is 1.56 bits per heavy atom. The van der Waals surface area contributed by atoms with Gasteiger partial charge < -0.3 is 10.4 Å².